The van der Waals surface area contributed by atoms with E-state index in [1.54, 1.807) is 6.92 Å². The molecule has 0 saturated carbocycles. The van der Waals surface area contributed by atoms with Gasteiger partial charge in [0, 0.05) is 6.42 Å². The van der Waals surface area contributed by atoms with E-state index < -0.39 is 17.5 Å². The van der Waals surface area contributed by atoms with E-state index in [-0.39, 0.29) is 31.9 Å². The van der Waals surface area contributed by atoms with Crippen LogP contribution in [0.2, 0.25) is 0 Å². The van der Waals surface area contributed by atoms with Crippen LogP contribution in [0.15, 0.2) is 0 Å². The van der Waals surface area contributed by atoms with Gasteiger partial charge in [0.15, 0.2) is 0 Å². The van der Waals surface area contributed by atoms with E-state index in [1.165, 1.54) is 0 Å². The minimum Gasteiger partial charge on any atom is -0.463 e. The van der Waals surface area contributed by atoms with Crippen LogP contribution >= 0.6 is 0 Å². The summed E-state index contributed by atoms with van der Waals surface area (Å²) in [5, 5.41) is 2.48. The normalized spacial score (nSPS) is 23.1. The number of hydrogen-bond donors (Lipinski definition) is 1. The summed E-state index contributed by atoms with van der Waals surface area (Å²) in [6.45, 7) is 3.65. The molecule has 96 valence electrons. The lowest BCUT2D eigenvalue weighted by Crippen LogP contribution is -2.46. The summed E-state index contributed by atoms with van der Waals surface area (Å²) >= 11 is 0. The van der Waals surface area contributed by atoms with Gasteiger partial charge in [0.05, 0.1) is 19.6 Å². The Labute approximate surface area is 99.6 Å². The van der Waals surface area contributed by atoms with Crippen molar-refractivity contribution < 1.29 is 23.9 Å². The molecule has 1 amide bonds. The minimum absolute atomic E-state index is 0.0138. The molecule has 6 heteroatoms. The number of carbonyl (C=O) groups is 3. The van der Waals surface area contributed by atoms with Gasteiger partial charge in [0.2, 0.25) is 11.5 Å². The summed E-state index contributed by atoms with van der Waals surface area (Å²) in [6.07, 6.45) is 0.676. The molecule has 0 bridgehead atoms. The average Bonchev–Trinajstić information content (AvgIpc) is 2.62. The molecule has 1 aliphatic heterocycles. The zero-order chi connectivity index (χ0) is 12.9. The van der Waals surface area contributed by atoms with Crippen molar-refractivity contribution in [3.05, 3.63) is 0 Å². The van der Waals surface area contributed by atoms with Gasteiger partial charge < -0.3 is 14.8 Å². The zero-order valence-corrected chi connectivity index (χ0v) is 10.1. The Morgan fingerprint density at radius 1 is 1.41 bits per heavy atom. The Morgan fingerprint density at radius 3 is 2.59 bits per heavy atom. The molecule has 0 aromatic carbocycles. The maximum atomic E-state index is 11.8. The quantitative estimate of drug-likeness (QED) is 0.695. The number of nitrogens with one attached hydrogen (secondary N) is 1. The van der Waals surface area contributed by atoms with Gasteiger partial charge in [-0.15, -0.1) is 0 Å². The van der Waals surface area contributed by atoms with Crippen molar-refractivity contribution in [1.82, 2.24) is 5.32 Å². The molecule has 17 heavy (non-hydrogen) atoms. The molecule has 1 unspecified atom stereocenters. The first kappa shape index (κ1) is 13.5. The molecule has 0 radical (unpaired) electrons. The maximum Gasteiger partial charge on any atom is 0.353 e. The Kier molecular flexibility index (Phi) is 4.48. The van der Waals surface area contributed by atoms with Crippen LogP contribution in [-0.2, 0) is 23.9 Å². The largest absolute Gasteiger partial charge is 0.463 e. The fourth-order valence-electron chi connectivity index (χ4n) is 1.62. The fraction of sp³-hybridized carbons (Fsp3) is 0.727. The summed E-state index contributed by atoms with van der Waals surface area (Å²) in [5.41, 5.74) is -1.47. The van der Waals surface area contributed by atoms with E-state index in [0.717, 1.165) is 0 Å². The number of carbonyl (C=O) groups excluding carboxylic acids is 3. The topological polar surface area (TPSA) is 81.7 Å². The highest BCUT2D eigenvalue weighted by Gasteiger charge is 2.50. The third kappa shape index (κ3) is 3.18. The van der Waals surface area contributed by atoms with Crippen molar-refractivity contribution >= 4 is 17.8 Å². The van der Waals surface area contributed by atoms with Crippen molar-refractivity contribution in [3.8, 4) is 0 Å². The third-order valence-electron chi connectivity index (χ3n) is 2.43. The molecule has 1 fully saturated rings. The molecular formula is C11H17NO5. The van der Waals surface area contributed by atoms with E-state index in [4.69, 9.17) is 9.47 Å². The van der Waals surface area contributed by atoms with E-state index >= 15 is 0 Å². The summed E-state index contributed by atoms with van der Waals surface area (Å²) in [4.78, 5) is 34.4. The van der Waals surface area contributed by atoms with Crippen molar-refractivity contribution in [2.75, 3.05) is 13.2 Å². The first-order chi connectivity index (χ1) is 8.04. The molecule has 1 heterocycles. The fourth-order valence-corrected chi connectivity index (χ4v) is 1.62. The predicted octanol–water partition coefficient (Wildman–Crippen LogP) is 0.152. The average molecular weight is 243 g/mol. The number of esters is 2. The molecule has 1 rings (SSSR count). The van der Waals surface area contributed by atoms with Crippen LogP contribution in [0.3, 0.4) is 0 Å². The summed E-state index contributed by atoms with van der Waals surface area (Å²) in [7, 11) is 0. The lowest BCUT2D eigenvalue weighted by molar-refractivity contribution is -0.180. The predicted molar refractivity (Wildman–Crippen MR) is 58.0 cm³/mol. The Hall–Kier alpha value is -1.59. The van der Waals surface area contributed by atoms with Gasteiger partial charge in [-0.05, 0) is 13.3 Å². The highest BCUT2D eigenvalue weighted by Crippen LogP contribution is 2.23. The molecule has 0 spiro atoms. The van der Waals surface area contributed by atoms with Crippen molar-refractivity contribution in [2.45, 2.75) is 38.7 Å². The molecule has 6 nitrogen and oxygen atoms in total. The SMILES string of the molecule is CCCC(=O)OC1(C(=O)OCC)CNC(=O)C1. The van der Waals surface area contributed by atoms with Crippen LogP contribution in [-0.4, -0.2) is 36.6 Å². The van der Waals surface area contributed by atoms with Crippen LogP contribution in [0.4, 0.5) is 0 Å². The third-order valence-corrected chi connectivity index (χ3v) is 2.43. The molecule has 1 saturated heterocycles. The van der Waals surface area contributed by atoms with Crippen LogP contribution in [0.1, 0.15) is 33.1 Å². The maximum absolute atomic E-state index is 11.8. The molecule has 0 aromatic heterocycles. The van der Waals surface area contributed by atoms with Crippen LogP contribution in [0.5, 0.6) is 0 Å². The van der Waals surface area contributed by atoms with E-state index in [0.29, 0.717) is 6.42 Å². The second-order valence-electron chi connectivity index (χ2n) is 3.89. The van der Waals surface area contributed by atoms with Crippen molar-refractivity contribution in [1.29, 1.82) is 0 Å². The smallest absolute Gasteiger partial charge is 0.353 e. The summed E-state index contributed by atoms with van der Waals surface area (Å²) in [5.74, 6) is -1.47. The van der Waals surface area contributed by atoms with Gasteiger partial charge in [-0.2, -0.15) is 0 Å². The number of rotatable bonds is 5. The number of amides is 1. The molecule has 1 N–H and O–H groups in total. The first-order valence-corrected chi connectivity index (χ1v) is 5.70. The summed E-state index contributed by atoms with van der Waals surface area (Å²) in [6, 6.07) is 0. The minimum atomic E-state index is -1.47. The standard InChI is InChI=1S/C11H17NO5/c1-3-5-9(14)17-11(10(15)16-4-2)6-8(13)12-7-11/h3-7H2,1-2H3,(H,12,13). The van der Waals surface area contributed by atoms with Crippen molar-refractivity contribution in [2.24, 2.45) is 0 Å². The lowest BCUT2D eigenvalue weighted by Gasteiger charge is -2.24. The molecule has 0 aromatic rings. The van der Waals surface area contributed by atoms with E-state index in [2.05, 4.69) is 5.32 Å². The number of hydrogen-bond acceptors (Lipinski definition) is 5. The molecule has 1 aliphatic rings. The second-order valence-corrected chi connectivity index (χ2v) is 3.89. The molecule has 0 aliphatic carbocycles. The van der Waals surface area contributed by atoms with Gasteiger partial charge in [0.25, 0.3) is 0 Å². The van der Waals surface area contributed by atoms with Crippen LogP contribution in [0, 0.1) is 0 Å². The number of ether oxygens (including phenoxy) is 2. The van der Waals surface area contributed by atoms with Gasteiger partial charge in [-0.25, -0.2) is 4.79 Å². The first-order valence-electron chi connectivity index (χ1n) is 5.70. The Bertz CT molecular complexity index is 328. The summed E-state index contributed by atoms with van der Waals surface area (Å²) < 4.78 is 9.98. The van der Waals surface area contributed by atoms with Crippen LogP contribution in [0.25, 0.3) is 0 Å². The monoisotopic (exact) mass is 243 g/mol. The van der Waals surface area contributed by atoms with Gasteiger partial charge in [0.1, 0.15) is 0 Å². The zero-order valence-electron chi connectivity index (χ0n) is 10.1. The Balaban J connectivity index is 2.76. The highest BCUT2D eigenvalue weighted by atomic mass is 16.6. The van der Waals surface area contributed by atoms with Gasteiger partial charge >= 0.3 is 11.9 Å². The van der Waals surface area contributed by atoms with Gasteiger partial charge in [-0.3, -0.25) is 9.59 Å². The van der Waals surface area contributed by atoms with Crippen molar-refractivity contribution in [3.63, 3.8) is 0 Å². The second kappa shape index (κ2) is 5.65. The van der Waals surface area contributed by atoms with E-state index in [9.17, 15) is 14.4 Å². The van der Waals surface area contributed by atoms with Gasteiger partial charge in [-0.1, -0.05) is 6.92 Å². The Morgan fingerprint density at radius 2 is 2.12 bits per heavy atom. The van der Waals surface area contributed by atoms with Crippen LogP contribution < -0.4 is 5.32 Å². The lowest BCUT2D eigenvalue weighted by atomic mass is 10.0. The molecular weight excluding hydrogens is 226 g/mol. The highest BCUT2D eigenvalue weighted by molar-refractivity contribution is 5.93. The molecule has 1 atom stereocenters. The van der Waals surface area contributed by atoms with E-state index in [1.807, 2.05) is 6.92 Å².